The highest BCUT2D eigenvalue weighted by Crippen LogP contribution is 2.23. The highest BCUT2D eigenvalue weighted by Gasteiger charge is 2.19. The fourth-order valence-corrected chi connectivity index (χ4v) is 2.40. The van der Waals surface area contributed by atoms with Crippen molar-refractivity contribution in [1.29, 1.82) is 0 Å². The molecule has 2 aromatic rings. The summed E-state index contributed by atoms with van der Waals surface area (Å²) < 4.78 is 4.86. The topological polar surface area (TPSA) is 62.7 Å². The number of pyridine rings is 1. The molecular formula is C15H17ClN2O3. The number of rotatable bonds is 5. The van der Waals surface area contributed by atoms with Crippen molar-refractivity contribution in [2.24, 2.45) is 0 Å². The molecule has 0 aliphatic carbocycles. The lowest BCUT2D eigenvalue weighted by Gasteiger charge is -2.21. The van der Waals surface area contributed by atoms with Crippen LogP contribution in [0.5, 0.6) is 0 Å². The number of aromatic nitrogens is 1. The first kappa shape index (κ1) is 15.7. The highest BCUT2D eigenvalue weighted by atomic mass is 35.5. The molecule has 0 aliphatic heterocycles. The van der Waals surface area contributed by atoms with Crippen LogP contribution in [0.25, 0.3) is 10.9 Å². The lowest BCUT2D eigenvalue weighted by atomic mass is 10.1. The third kappa shape index (κ3) is 3.69. The first-order valence-electron chi connectivity index (χ1n) is 6.49. The summed E-state index contributed by atoms with van der Waals surface area (Å²) in [6.45, 7) is 0.347. The summed E-state index contributed by atoms with van der Waals surface area (Å²) in [6.07, 6.45) is 0.898. The zero-order valence-electron chi connectivity index (χ0n) is 11.9. The summed E-state index contributed by atoms with van der Waals surface area (Å²) in [7, 11) is 3.12. The Morgan fingerprint density at radius 2 is 2.29 bits per heavy atom. The van der Waals surface area contributed by atoms with Crippen LogP contribution < -0.4 is 0 Å². The molecular weight excluding hydrogens is 292 g/mol. The minimum absolute atomic E-state index is 0.173. The molecule has 0 spiro atoms. The first-order chi connectivity index (χ1) is 10.0. The van der Waals surface area contributed by atoms with Gasteiger partial charge in [0.1, 0.15) is 0 Å². The number of aliphatic hydroxyl groups excluding tert-OH is 1. The van der Waals surface area contributed by atoms with Gasteiger partial charge >= 0.3 is 0 Å². The van der Waals surface area contributed by atoms with Crippen LogP contribution >= 0.6 is 11.6 Å². The molecule has 21 heavy (non-hydrogen) atoms. The molecule has 0 bridgehead atoms. The SMILES string of the molecule is COCC(O)CN(C)C(=O)c1cc(Cl)cc2cccnc12. The molecule has 1 amide bonds. The maximum atomic E-state index is 12.5. The smallest absolute Gasteiger partial charge is 0.255 e. The predicted octanol–water partition coefficient (Wildman–Crippen LogP) is 1.97. The van der Waals surface area contributed by atoms with E-state index in [-0.39, 0.29) is 19.1 Å². The van der Waals surface area contributed by atoms with Gasteiger partial charge in [0.15, 0.2) is 0 Å². The Balaban J connectivity index is 2.30. The average Bonchev–Trinajstić information content (AvgIpc) is 2.45. The summed E-state index contributed by atoms with van der Waals surface area (Å²) in [5, 5.41) is 11.0. The fourth-order valence-electron chi connectivity index (χ4n) is 2.17. The van der Waals surface area contributed by atoms with Crippen LogP contribution in [0.15, 0.2) is 30.5 Å². The maximum absolute atomic E-state index is 12.5. The van der Waals surface area contributed by atoms with Gasteiger partial charge in [0.25, 0.3) is 5.91 Å². The molecule has 0 fully saturated rings. The number of aliphatic hydroxyl groups is 1. The molecule has 1 N–H and O–H groups in total. The quantitative estimate of drug-likeness (QED) is 0.917. The number of hydrogen-bond acceptors (Lipinski definition) is 4. The summed E-state index contributed by atoms with van der Waals surface area (Å²) in [5.41, 5.74) is 1.02. The minimum atomic E-state index is -0.734. The number of carbonyl (C=O) groups is 1. The lowest BCUT2D eigenvalue weighted by molar-refractivity contribution is 0.0381. The number of ether oxygens (including phenoxy) is 1. The number of carbonyl (C=O) groups excluding carboxylic acids is 1. The molecule has 0 radical (unpaired) electrons. The van der Waals surface area contributed by atoms with E-state index in [2.05, 4.69) is 4.98 Å². The van der Waals surface area contributed by atoms with E-state index in [0.29, 0.717) is 16.1 Å². The second kappa shape index (κ2) is 6.85. The molecule has 0 saturated carbocycles. The van der Waals surface area contributed by atoms with E-state index < -0.39 is 6.10 Å². The number of methoxy groups -OCH3 is 1. The van der Waals surface area contributed by atoms with Gasteiger partial charge in [0, 0.05) is 37.3 Å². The van der Waals surface area contributed by atoms with Gasteiger partial charge in [-0.2, -0.15) is 0 Å². The second-order valence-corrected chi connectivity index (χ2v) is 5.26. The molecule has 0 saturated heterocycles. The largest absolute Gasteiger partial charge is 0.389 e. The van der Waals surface area contributed by atoms with Crippen molar-refractivity contribution in [2.75, 3.05) is 27.3 Å². The van der Waals surface area contributed by atoms with Crippen molar-refractivity contribution in [2.45, 2.75) is 6.10 Å². The molecule has 0 aliphatic rings. The molecule has 1 unspecified atom stereocenters. The zero-order chi connectivity index (χ0) is 15.4. The van der Waals surface area contributed by atoms with E-state index in [1.807, 2.05) is 6.07 Å². The van der Waals surface area contributed by atoms with E-state index >= 15 is 0 Å². The van der Waals surface area contributed by atoms with E-state index in [1.165, 1.54) is 12.0 Å². The standard InChI is InChI=1S/C15H17ClN2O3/c1-18(8-12(19)9-21-2)15(20)13-7-11(16)6-10-4-3-5-17-14(10)13/h3-7,12,19H,8-9H2,1-2H3. The van der Waals surface area contributed by atoms with Crippen LogP contribution in [0, 0.1) is 0 Å². The molecule has 1 aromatic heterocycles. The highest BCUT2D eigenvalue weighted by molar-refractivity contribution is 6.32. The van der Waals surface area contributed by atoms with Crippen molar-refractivity contribution in [3.8, 4) is 0 Å². The van der Waals surface area contributed by atoms with Crippen LogP contribution in [0.3, 0.4) is 0 Å². The van der Waals surface area contributed by atoms with Crippen LogP contribution in [0.4, 0.5) is 0 Å². The number of amides is 1. The Hall–Kier alpha value is -1.69. The number of nitrogens with zero attached hydrogens (tertiary/aromatic N) is 2. The van der Waals surface area contributed by atoms with Gasteiger partial charge in [-0.3, -0.25) is 9.78 Å². The molecule has 1 heterocycles. The number of hydrogen-bond donors (Lipinski definition) is 1. The minimum Gasteiger partial charge on any atom is -0.389 e. The summed E-state index contributed by atoms with van der Waals surface area (Å²) in [5.74, 6) is -0.239. The van der Waals surface area contributed by atoms with Gasteiger partial charge in [-0.05, 0) is 18.2 Å². The van der Waals surface area contributed by atoms with Crippen LogP contribution in [-0.2, 0) is 4.74 Å². The van der Waals surface area contributed by atoms with Crippen LogP contribution in [-0.4, -0.2) is 54.3 Å². The number of halogens is 1. The summed E-state index contributed by atoms with van der Waals surface area (Å²) in [6, 6.07) is 7.00. The Kier molecular flexibility index (Phi) is 5.12. The normalized spacial score (nSPS) is 12.4. The van der Waals surface area contributed by atoms with Crippen molar-refractivity contribution in [3.05, 3.63) is 41.0 Å². The number of likely N-dealkylation sites (N-methyl/N-ethyl adjacent to an activating group) is 1. The van der Waals surface area contributed by atoms with Crippen LogP contribution in [0.2, 0.25) is 5.02 Å². The first-order valence-corrected chi connectivity index (χ1v) is 6.87. The van der Waals surface area contributed by atoms with Gasteiger partial charge in [-0.1, -0.05) is 17.7 Å². The van der Waals surface area contributed by atoms with Crippen molar-refractivity contribution >= 4 is 28.4 Å². The van der Waals surface area contributed by atoms with Gasteiger partial charge in [-0.25, -0.2) is 0 Å². The molecule has 5 nitrogen and oxygen atoms in total. The van der Waals surface area contributed by atoms with Gasteiger partial charge in [0.05, 0.1) is 23.8 Å². The van der Waals surface area contributed by atoms with Crippen molar-refractivity contribution in [1.82, 2.24) is 9.88 Å². The third-order valence-electron chi connectivity index (χ3n) is 3.09. The molecule has 2 rings (SSSR count). The second-order valence-electron chi connectivity index (χ2n) is 4.82. The fraction of sp³-hybridized carbons (Fsp3) is 0.333. The van der Waals surface area contributed by atoms with Crippen molar-refractivity contribution in [3.63, 3.8) is 0 Å². The van der Waals surface area contributed by atoms with Crippen molar-refractivity contribution < 1.29 is 14.6 Å². The van der Waals surface area contributed by atoms with Gasteiger partial charge in [-0.15, -0.1) is 0 Å². The van der Waals surface area contributed by atoms with E-state index in [9.17, 15) is 9.90 Å². The number of benzene rings is 1. The monoisotopic (exact) mass is 308 g/mol. The number of fused-ring (bicyclic) bond motifs is 1. The molecule has 6 heteroatoms. The van der Waals surface area contributed by atoms with E-state index in [0.717, 1.165) is 5.39 Å². The predicted molar refractivity (Wildman–Crippen MR) is 81.6 cm³/mol. The molecule has 1 aromatic carbocycles. The van der Waals surface area contributed by atoms with Crippen LogP contribution in [0.1, 0.15) is 10.4 Å². The summed E-state index contributed by atoms with van der Waals surface area (Å²) >= 11 is 6.06. The zero-order valence-corrected chi connectivity index (χ0v) is 12.7. The average molecular weight is 309 g/mol. The Bertz CT molecular complexity index is 648. The molecule has 112 valence electrons. The van der Waals surface area contributed by atoms with Gasteiger partial charge in [0.2, 0.25) is 0 Å². The van der Waals surface area contributed by atoms with E-state index in [1.54, 1.807) is 31.4 Å². The van der Waals surface area contributed by atoms with Gasteiger partial charge < -0.3 is 14.7 Å². The molecule has 1 atom stereocenters. The third-order valence-corrected chi connectivity index (χ3v) is 3.31. The summed E-state index contributed by atoms with van der Waals surface area (Å²) in [4.78, 5) is 18.2. The Morgan fingerprint density at radius 3 is 3.00 bits per heavy atom. The lowest BCUT2D eigenvalue weighted by Crippen LogP contribution is -2.36. The Labute approximate surface area is 128 Å². The maximum Gasteiger partial charge on any atom is 0.255 e. The van der Waals surface area contributed by atoms with E-state index in [4.69, 9.17) is 16.3 Å². The Morgan fingerprint density at radius 1 is 1.52 bits per heavy atom.